The number of rotatable bonds is 3. The van der Waals surface area contributed by atoms with Crippen LogP contribution < -0.4 is 4.90 Å². The van der Waals surface area contributed by atoms with Crippen LogP contribution >= 0.6 is 0 Å². The van der Waals surface area contributed by atoms with Crippen molar-refractivity contribution < 1.29 is 14.3 Å². The summed E-state index contributed by atoms with van der Waals surface area (Å²) in [5.41, 5.74) is 1.78. The second-order valence-electron chi connectivity index (χ2n) is 4.03. The number of carbonyl (C=O) groups is 1. The molecule has 1 aromatic carbocycles. The number of halogens is 1. The molecule has 0 saturated heterocycles. The van der Waals surface area contributed by atoms with E-state index in [-0.39, 0.29) is 11.5 Å². The van der Waals surface area contributed by atoms with Gasteiger partial charge in [-0.1, -0.05) is 0 Å². The number of hydrogen-bond donors (Lipinski definition) is 2. The highest BCUT2D eigenvalue weighted by molar-refractivity contribution is 5.88. The minimum Gasteiger partial charge on any atom is -0.477 e. The molecular weight excluding hydrogens is 237 g/mol. The van der Waals surface area contributed by atoms with E-state index in [4.69, 9.17) is 5.11 Å². The number of aromatic nitrogens is 2. The summed E-state index contributed by atoms with van der Waals surface area (Å²) in [6.45, 7) is 0. The summed E-state index contributed by atoms with van der Waals surface area (Å²) in [7, 11) is 3.56. The fourth-order valence-corrected chi connectivity index (χ4v) is 1.66. The zero-order valence-electron chi connectivity index (χ0n) is 9.94. The third kappa shape index (κ3) is 2.17. The number of nitrogens with one attached hydrogen (secondary N) is 1. The number of H-pyrrole nitrogens is 1. The molecule has 0 aliphatic rings. The standard InChI is InChI=1S/C12H12FN3O2/c1-16(2)11-5-7(13)3-4-8(11)9-6-10(12(17)18)15-14-9/h3-6H,1-2H3,(H,14,15)(H,17,18). The molecule has 2 aromatic rings. The lowest BCUT2D eigenvalue weighted by molar-refractivity contribution is 0.0690. The first kappa shape index (κ1) is 12.1. The van der Waals surface area contributed by atoms with Gasteiger partial charge in [-0.15, -0.1) is 0 Å². The van der Waals surface area contributed by atoms with Gasteiger partial charge < -0.3 is 10.0 Å². The number of aromatic amines is 1. The molecule has 1 aromatic heterocycles. The molecule has 0 aliphatic heterocycles. The minimum absolute atomic E-state index is 0.000897. The number of hydrogen-bond acceptors (Lipinski definition) is 3. The first-order chi connectivity index (χ1) is 8.49. The van der Waals surface area contributed by atoms with E-state index in [0.29, 0.717) is 16.9 Å². The van der Waals surface area contributed by atoms with Crippen molar-refractivity contribution in [1.82, 2.24) is 10.2 Å². The molecular formula is C12H12FN3O2. The fourth-order valence-electron chi connectivity index (χ4n) is 1.66. The van der Waals surface area contributed by atoms with E-state index < -0.39 is 5.97 Å². The highest BCUT2D eigenvalue weighted by atomic mass is 19.1. The zero-order valence-corrected chi connectivity index (χ0v) is 9.94. The molecule has 1 heterocycles. The molecule has 94 valence electrons. The van der Waals surface area contributed by atoms with Crippen molar-refractivity contribution in [1.29, 1.82) is 0 Å². The summed E-state index contributed by atoms with van der Waals surface area (Å²) >= 11 is 0. The van der Waals surface area contributed by atoms with Gasteiger partial charge >= 0.3 is 5.97 Å². The molecule has 6 heteroatoms. The predicted octanol–water partition coefficient (Wildman–Crippen LogP) is 1.98. The van der Waals surface area contributed by atoms with Crippen LogP contribution in [0.5, 0.6) is 0 Å². The van der Waals surface area contributed by atoms with Crippen LogP contribution in [0.15, 0.2) is 24.3 Å². The van der Waals surface area contributed by atoms with Crippen molar-refractivity contribution in [2.24, 2.45) is 0 Å². The highest BCUT2D eigenvalue weighted by Crippen LogP contribution is 2.29. The summed E-state index contributed by atoms with van der Waals surface area (Å²) in [5.74, 6) is -1.43. The lowest BCUT2D eigenvalue weighted by Gasteiger charge is -2.16. The van der Waals surface area contributed by atoms with E-state index >= 15 is 0 Å². The average molecular weight is 249 g/mol. The summed E-state index contributed by atoms with van der Waals surface area (Å²) in [5, 5.41) is 15.2. The predicted molar refractivity (Wildman–Crippen MR) is 65.3 cm³/mol. The molecule has 0 bridgehead atoms. The van der Waals surface area contributed by atoms with Gasteiger partial charge in [-0.05, 0) is 24.3 Å². The molecule has 0 aliphatic carbocycles. The summed E-state index contributed by atoms with van der Waals surface area (Å²) < 4.78 is 13.2. The second kappa shape index (κ2) is 4.48. The largest absolute Gasteiger partial charge is 0.477 e. The molecule has 0 radical (unpaired) electrons. The van der Waals surface area contributed by atoms with Crippen molar-refractivity contribution in [3.63, 3.8) is 0 Å². The maximum absolute atomic E-state index is 13.2. The summed E-state index contributed by atoms with van der Waals surface area (Å²) in [6, 6.07) is 5.69. The smallest absolute Gasteiger partial charge is 0.353 e. The molecule has 0 unspecified atom stereocenters. The molecule has 0 spiro atoms. The Kier molecular flexibility index (Phi) is 3.01. The van der Waals surface area contributed by atoms with Gasteiger partial charge in [-0.25, -0.2) is 9.18 Å². The topological polar surface area (TPSA) is 69.2 Å². The zero-order chi connectivity index (χ0) is 13.3. The van der Waals surface area contributed by atoms with Crippen molar-refractivity contribution >= 4 is 11.7 Å². The maximum Gasteiger partial charge on any atom is 0.353 e. The van der Waals surface area contributed by atoms with Crippen LogP contribution in [0.2, 0.25) is 0 Å². The minimum atomic E-state index is -1.08. The van der Waals surface area contributed by atoms with Gasteiger partial charge in [0.1, 0.15) is 11.5 Å². The Hall–Kier alpha value is -2.37. The van der Waals surface area contributed by atoms with Gasteiger partial charge in [0.25, 0.3) is 0 Å². The quantitative estimate of drug-likeness (QED) is 0.872. The normalized spacial score (nSPS) is 10.4. The second-order valence-corrected chi connectivity index (χ2v) is 4.03. The van der Waals surface area contributed by atoms with E-state index in [1.807, 2.05) is 0 Å². The van der Waals surface area contributed by atoms with Crippen molar-refractivity contribution in [2.75, 3.05) is 19.0 Å². The Labute approximate surface area is 103 Å². The van der Waals surface area contributed by atoms with Crippen LogP contribution in [-0.4, -0.2) is 35.4 Å². The lowest BCUT2D eigenvalue weighted by Crippen LogP contribution is -2.10. The van der Waals surface area contributed by atoms with Crippen LogP contribution in [0.25, 0.3) is 11.3 Å². The molecule has 0 fully saturated rings. The molecule has 5 nitrogen and oxygen atoms in total. The van der Waals surface area contributed by atoms with Crippen LogP contribution in [-0.2, 0) is 0 Å². The molecule has 2 N–H and O–H groups in total. The van der Waals surface area contributed by atoms with Gasteiger partial charge in [-0.3, -0.25) is 5.10 Å². The number of nitrogens with zero attached hydrogens (tertiary/aromatic N) is 2. The Bertz CT molecular complexity index is 593. The number of carboxylic acid groups (broad SMARTS) is 1. The lowest BCUT2D eigenvalue weighted by atomic mass is 10.1. The number of benzene rings is 1. The van der Waals surface area contributed by atoms with Crippen molar-refractivity contribution in [2.45, 2.75) is 0 Å². The first-order valence-corrected chi connectivity index (χ1v) is 5.25. The van der Waals surface area contributed by atoms with Crippen molar-refractivity contribution in [3.8, 4) is 11.3 Å². The van der Waals surface area contributed by atoms with Crippen molar-refractivity contribution in [3.05, 3.63) is 35.8 Å². The third-order valence-electron chi connectivity index (χ3n) is 2.53. The van der Waals surface area contributed by atoms with Crippen LogP contribution in [0.1, 0.15) is 10.5 Å². The molecule has 18 heavy (non-hydrogen) atoms. The van der Waals surface area contributed by atoms with Crippen LogP contribution in [0.3, 0.4) is 0 Å². The molecule has 0 atom stereocenters. The summed E-state index contributed by atoms with van der Waals surface area (Å²) in [4.78, 5) is 12.5. The molecule has 2 rings (SSSR count). The average Bonchev–Trinajstić information content (AvgIpc) is 2.78. The Morgan fingerprint density at radius 1 is 1.39 bits per heavy atom. The number of anilines is 1. The number of carboxylic acids is 1. The van der Waals surface area contributed by atoms with Crippen LogP contribution in [0, 0.1) is 5.82 Å². The van der Waals surface area contributed by atoms with E-state index in [2.05, 4.69) is 10.2 Å². The van der Waals surface area contributed by atoms with Gasteiger partial charge in [0, 0.05) is 25.3 Å². The molecule has 0 saturated carbocycles. The van der Waals surface area contributed by atoms with Gasteiger partial charge in [-0.2, -0.15) is 5.10 Å². The first-order valence-electron chi connectivity index (χ1n) is 5.25. The Morgan fingerprint density at radius 3 is 2.67 bits per heavy atom. The monoisotopic (exact) mass is 249 g/mol. The third-order valence-corrected chi connectivity index (χ3v) is 2.53. The Morgan fingerprint density at radius 2 is 2.11 bits per heavy atom. The summed E-state index contributed by atoms with van der Waals surface area (Å²) in [6.07, 6.45) is 0. The van der Waals surface area contributed by atoms with E-state index in [9.17, 15) is 9.18 Å². The van der Waals surface area contributed by atoms with Gasteiger partial charge in [0.05, 0.1) is 5.69 Å². The molecule has 0 amide bonds. The van der Waals surface area contributed by atoms with E-state index in [0.717, 1.165) is 0 Å². The SMILES string of the molecule is CN(C)c1cc(F)ccc1-c1cc(C(=O)O)[nH]n1. The fraction of sp³-hybridized carbons (Fsp3) is 0.167. The Balaban J connectivity index is 2.52. The highest BCUT2D eigenvalue weighted by Gasteiger charge is 2.14. The van der Waals surface area contributed by atoms with E-state index in [1.54, 1.807) is 25.1 Å². The van der Waals surface area contributed by atoms with E-state index in [1.165, 1.54) is 18.2 Å². The van der Waals surface area contributed by atoms with Gasteiger partial charge in [0.2, 0.25) is 0 Å². The number of aromatic carboxylic acids is 1. The maximum atomic E-state index is 13.2. The van der Waals surface area contributed by atoms with Crippen LogP contribution in [0.4, 0.5) is 10.1 Å². The van der Waals surface area contributed by atoms with Gasteiger partial charge in [0.15, 0.2) is 0 Å².